The summed E-state index contributed by atoms with van der Waals surface area (Å²) in [4.78, 5) is 17.4. The quantitative estimate of drug-likeness (QED) is 0.528. The summed E-state index contributed by atoms with van der Waals surface area (Å²) in [6.07, 6.45) is 1.70. The molecule has 1 saturated heterocycles. The highest BCUT2D eigenvalue weighted by Gasteiger charge is 2.25. The SMILES string of the molecule is N#Cc1ccc(CNC(=O)C2CCN(CCN(c3ccccc3)c3ccc(C#N)cc3)CC2)cc1. The number of carbonyl (C=O) groups is 1. The summed E-state index contributed by atoms with van der Waals surface area (Å²) in [7, 11) is 0. The minimum Gasteiger partial charge on any atom is -0.352 e. The monoisotopic (exact) mass is 463 g/mol. The molecule has 1 aliphatic rings. The van der Waals surface area contributed by atoms with Gasteiger partial charge in [-0.3, -0.25) is 4.79 Å². The molecular weight excluding hydrogens is 434 g/mol. The molecule has 0 radical (unpaired) electrons. The number of nitrogens with zero attached hydrogens (tertiary/aromatic N) is 4. The number of amides is 1. The van der Waals surface area contributed by atoms with Crippen LogP contribution < -0.4 is 10.2 Å². The Morgan fingerprint density at radius 1 is 0.857 bits per heavy atom. The van der Waals surface area contributed by atoms with Gasteiger partial charge in [0, 0.05) is 36.9 Å². The van der Waals surface area contributed by atoms with Crippen molar-refractivity contribution in [2.75, 3.05) is 31.1 Å². The fraction of sp³-hybridized carbons (Fsp3) is 0.276. The van der Waals surface area contributed by atoms with Gasteiger partial charge in [0.25, 0.3) is 0 Å². The van der Waals surface area contributed by atoms with Crippen LogP contribution in [-0.2, 0) is 11.3 Å². The lowest BCUT2D eigenvalue weighted by Crippen LogP contribution is -2.42. The van der Waals surface area contributed by atoms with Gasteiger partial charge in [-0.25, -0.2) is 0 Å². The Labute approximate surface area is 207 Å². The summed E-state index contributed by atoms with van der Waals surface area (Å²) in [6, 6.07) is 29.6. The first-order valence-corrected chi connectivity index (χ1v) is 12.0. The smallest absolute Gasteiger partial charge is 0.223 e. The Hall–Kier alpha value is -4.13. The molecule has 6 heteroatoms. The molecule has 1 fully saturated rings. The highest BCUT2D eigenvalue weighted by Crippen LogP contribution is 2.26. The minimum absolute atomic E-state index is 0.0355. The minimum atomic E-state index is 0.0355. The van der Waals surface area contributed by atoms with Gasteiger partial charge in [0.2, 0.25) is 5.91 Å². The van der Waals surface area contributed by atoms with Gasteiger partial charge in [-0.15, -0.1) is 0 Å². The van der Waals surface area contributed by atoms with Crippen molar-refractivity contribution in [2.24, 2.45) is 5.92 Å². The van der Waals surface area contributed by atoms with Crippen molar-refractivity contribution in [3.05, 3.63) is 95.6 Å². The molecule has 0 atom stereocenters. The van der Waals surface area contributed by atoms with E-state index in [9.17, 15) is 4.79 Å². The normalized spacial score (nSPS) is 14.0. The summed E-state index contributed by atoms with van der Waals surface area (Å²) >= 11 is 0. The zero-order valence-corrected chi connectivity index (χ0v) is 19.7. The molecule has 1 aliphatic heterocycles. The molecule has 0 saturated carbocycles. The highest BCUT2D eigenvalue weighted by molar-refractivity contribution is 5.78. The van der Waals surface area contributed by atoms with E-state index in [1.54, 1.807) is 12.1 Å². The third-order valence-corrected chi connectivity index (χ3v) is 6.52. The maximum absolute atomic E-state index is 12.7. The lowest BCUT2D eigenvalue weighted by atomic mass is 9.95. The Bertz CT molecular complexity index is 1190. The van der Waals surface area contributed by atoms with E-state index >= 15 is 0 Å². The number of piperidine rings is 1. The van der Waals surface area contributed by atoms with E-state index < -0.39 is 0 Å². The van der Waals surface area contributed by atoms with Crippen molar-refractivity contribution in [2.45, 2.75) is 19.4 Å². The van der Waals surface area contributed by atoms with E-state index in [1.807, 2.05) is 54.6 Å². The number of hydrogen-bond acceptors (Lipinski definition) is 5. The van der Waals surface area contributed by atoms with Crippen molar-refractivity contribution in [3.8, 4) is 12.1 Å². The fourth-order valence-corrected chi connectivity index (χ4v) is 4.42. The van der Waals surface area contributed by atoms with Gasteiger partial charge in [-0.2, -0.15) is 10.5 Å². The fourth-order valence-electron chi connectivity index (χ4n) is 4.42. The second kappa shape index (κ2) is 11.8. The molecule has 35 heavy (non-hydrogen) atoms. The van der Waals surface area contributed by atoms with Crippen molar-refractivity contribution in [1.29, 1.82) is 10.5 Å². The summed E-state index contributed by atoms with van der Waals surface area (Å²) in [5.74, 6) is 0.144. The van der Waals surface area contributed by atoms with Crippen LogP contribution in [0.4, 0.5) is 11.4 Å². The van der Waals surface area contributed by atoms with Gasteiger partial charge >= 0.3 is 0 Å². The topological polar surface area (TPSA) is 83.2 Å². The van der Waals surface area contributed by atoms with Gasteiger partial charge in [-0.05, 0) is 80.0 Å². The lowest BCUT2D eigenvalue weighted by Gasteiger charge is -2.34. The van der Waals surface area contributed by atoms with Crippen LogP contribution in [0.5, 0.6) is 0 Å². The Morgan fingerprint density at radius 3 is 2.03 bits per heavy atom. The molecule has 3 aromatic rings. The maximum atomic E-state index is 12.7. The number of para-hydroxylation sites is 1. The maximum Gasteiger partial charge on any atom is 0.223 e. The van der Waals surface area contributed by atoms with Crippen LogP contribution in [0.1, 0.15) is 29.5 Å². The average molecular weight is 464 g/mol. The number of hydrogen-bond donors (Lipinski definition) is 1. The number of nitriles is 2. The van der Waals surface area contributed by atoms with Gasteiger partial charge in [0.1, 0.15) is 0 Å². The van der Waals surface area contributed by atoms with Gasteiger partial charge in [0.15, 0.2) is 0 Å². The number of carbonyl (C=O) groups excluding carboxylic acids is 1. The summed E-state index contributed by atoms with van der Waals surface area (Å²) in [5, 5.41) is 21.1. The van der Waals surface area contributed by atoms with Gasteiger partial charge < -0.3 is 15.1 Å². The Balaban J connectivity index is 1.28. The highest BCUT2D eigenvalue weighted by atomic mass is 16.1. The van der Waals surface area contributed by atoms with Crippen LogP contribution >= 0.6 is 0 Å². The van der Waals surface area contributed by atoms with Crippen LogP contribution in [-0.4, -0.2) is 37.0 Å². The molecule has 0 aromatic heterocycles. The molecule has 0 aliphatic carbocycles. The van der Waals surface area contributed by atoms with Crippen molar-refractivity contribution in [3.63, 3.8) is 0 Å². The first-order chi connectivity index (χ1) is 17.2. The molecule has 6 nitrogen and oxygen atoms in total. The second-order valence-corrected chi connectivity index (χ2v) is 8.79. The molecule has 1 heterocycles. The van der Waals surface area contributed by atoms with Crippen molar-refractivity contribution >= 4 is 17.3 Å². The number of nitrogens with one attached hydrogen (secondary N) is 1. The number of anilines is 2. The second-order valence-electron chi connectivity index (χ2n) is 8.79. The Kier molecular flexibility index (Phi) is 8.12. The van der Waals surface area contributed by atoms with E-state index in [0.29, 0.717) is 17.7 Å². The zero-order valence-electron chi connectivity index (χ0n) is 19.7. The number of rotatable bonds is 8. The largest absolute Gasteiger partial charge is 0.352 e. The molecular formula is C29H29N5O. The molecule has 4 rings (SSSR count). The Morgan fingerprint density at radius 2 is 1.43 bits per heavy atom. The summed E-state index contributed by atoms with van der Waals surface area (Å²) in [6.45, 7) is 4.00. The number of benzene rings is 3. The van der Waals surface area contributed by atoms with E-state index in [-0.39, 0.29) is 11.8 Å². The van der Waals surface area contributed by atoms with E-state index in [0.717, 1.165) is 56.0 Å². The standard InChI is InChI=1S/C29H29N5O/c30-20-23-6-8-25(9-7-23)22-32-29(35)26-14-16-33(17-15-26)18-19-34(27-4-2-1-3-5-27)28-12-10-24(21-31)11-13-28/h1-13,26H,14-19,22H2,(H,32,35). The molecule has 0 unspecified atom stereocenters. The third kappa shape index (κ3) is 6.47. The van der Waals surface area contributed by atoms with Crippen molar-refractivity contribution in [1.82, 2.24) is 10.2 Å². The molecule has 3 aromatic carbocycles. The van der Waals surface area contributed by atoms with E-state index in [4.69, 9.17) is 10.5 Å². The van der Waals surface area contributed by atoms with E-state index in [1.165, 1.54) is 0 Å². The first-order valence-electron chi connectivity index (χ1n) is 12.0. The van der Waals surface area contributed by atoms with Crippen LogP contribution in [0.3, 0.4) is 0 Å². The molecule has 1 N–H and O–H groups in total. The van der Waals surface area contributed by atoms with Gasteiger partial charge in [0.05, 0.1) is 23.3 Å². The van der Waals surface area contributed by atoms with Crippen LogP contribution in [0.15, 0.2) is 78.9 Å². The molecule has 0 spiro atoms. The predicted molar refractivity (Wildman–Crippen MR) is 137 cm³/mol. The predicted octanol–water partition coefficient (Wildman–Crippen LogP) is 4.60. The zero-order chi connectivity index (χ0) is 24.5. The molecule has 0 bridgehead atoms. The average Bonchev–Trinajstić information content (AvgIpc) is 2.93. The van der Waals surface area contributed by atoms with Crippen LogP contribution in [0.2, 0.25) is 0 Å². The van der Waals surface area contributed by atoms with Crippen LogP contribution in [0, 0.1) is 28.6 Å². The summed E-state index contributed by atoms with van der Waals surface area (Å²) < 4.78 is 0. The van der Waals surface area contributed by atoms with Crippen LogP contribution in [0.25, 0.3) is 0 Å². The third-order valence-electron chi connectivity index (χ3n) is 6.52. The van der Waals surface area contributed by atoms with Gasteiger partial charge in [-0.1, -0.05) is 30.3 Å². The summed E-state index contributed by atoms with van der Waals surface area (Å²) in [5.41, 5.74) is 4.46. The lowest BCUT2D eigenvalue weighted by molar-refractivity contribution is -0.126. The van der Waals surface area contributed by atoms with Crippen molar-refractivity contribution < 1.29 is 4.79 Å². The molecule has 176 valence electrons. The van der Waals surface area contributed by atoms with E-state index in [2.05, 4.69) is 39.4 Å². The molecule has 1 amide bonds. The number of likely N-dealkylation sites (tertiary alicyclic amines) is 1. The first kappa shape index (κ1) is 24.0.